The van der Waals surface area contributed by atoms with E-state index in [1.54, 1.807) is 0 Å². The number of ether oxygens (including phenoxy) is 1. The molecule has 0 saturated heterocycles. The summed E-state index contributed by atoms with van der Waals surface area (Å²) in [6.45, 7) is 1.49. The molecule has 0 aromatic heterocycles. The topological polar surface area (TPSA) is 98.5 Å². The zero-order valence-electron chi connectivity index (χ0n) is 12.2. The molecule has 0 spiro atoms. The van der Waals surface area contributed by atoms with Crippen molar-refractivity contribution in [2.75, 3.05) is 11.8 Å². The summed E-state index contributed by atoms with van der Waals surface area (Å²) in [7, 11) is -2.41. The van der Waals surface area contributed by atoms with Crippen LogP contribution in [0.15, 0.2) is 45.8 Å². The average molecular weight is 401 g/mol. The normalized spacial score (nSPS) is 11.1. The summed E-state index contributed by atoms with van der Waals surface area (Å²) in [5.74, 6) is 0.496. The van der Waals surface area contributed by atoms with E-state index < -0.39 is 14.9 Å². The van der Waals surface area contributed by atoms with Crippen molar-refractivity contribution >= 4 is 37.3 Å². The molecule has 2 rings (SSSR count). The van der Waals surface area contributed by atoms with E-state index in [9.17, 15) is 18.5 Å². The van der Waals surface area contributed by atoms with Crippen molar-refractivity contribution in [2.45, 2.75) is 11.8 Å². The van der Waals surface area contributed by atoms with Gasteiger partial charge in [0.05, 0.1) is 32.7 Å². The minimum absolute atomic E-state index is 0.0103. The second-order valence-electron chi connectivity index (χ2n) is 4.61. The molecule has 0 aliphatic carbocycles. The molecule has 0 radical (unpaired) electrons. The summed E-state index contributed by atoms with van der Waals surface area (Å²) >= 11 is 3.22. The summed E-state index contributed by atoms with van der Waals surface area (Å²) in [6.07, 6.45) is 0. The predicted molar refractivity (Wildman–Crippen MR) is 89.3 cm³/mol. The molecule has 0 atom stereocenters. The third kappa shape index (κ3) is 3.62. The summed E-state index contributed by atoms with van der Waals surface area (Å²) < 4.78 is 32.8. The van der Waals surface area contributed by atoms with Crippen LogP contribution in [0.3, 0.4) is 0 Å². The van der Waals surface area contributed by atoms with E-state index in [0.29, 0.717) is 10.2 Å². The molecule has 0 unspecified atom stereocenters. The molecule has 0 aliphatic heterocycles. The van der Waals surface area contributed by atoms with Gasteiger partial charge in [0.15, 0.2) is 0 Å². The lowest BCUT2D eigenvalue weighted by Crippen LogP contribution is -2.14. The van der Waals surface area contributed by atoms with Crippen LogP contribution in [-0.2, 0) is 10.0 Å². The Hall–Kier alpha value is -2.13. The molecule has 0 saturated carbocycles. The zero-order valence-corrected chi connectivity index (χ0v) is 14.6. The fraction of sp³-hybridized carbons (Fsp3) is 0.143. The van der Waals surface area contributed by atoms with Crippen molar-refractivity contribution in [1.29, 1.82) is 0 Å². The molecule has 0 aliphatic rings. The largest absolute Gasteiger partial charge is 0.496 e. The van der Waals surface area contributed by atoms with Gasteiger partial charge in [-0.3, -0.25) is 14.8 Å². The number of anilines is 1. The van der Waals surface area contributed by atoms with E-state index in [4.69, 9.17) is 4.74 Å². The van der Waals surface area contributed by atoms with Crippen molar-refractivity contribution in [2.24, 2.45) is 0 Å². The summed E-state index contributed by atoms with van der Waals surface area (Å²) in [5.41, 5.74) is 0.251. The molecule has 9 heteroatoms. The van der Waals surface area contributed by atoms with Crippen LogP contribution >= 0.6 is 15.9 Å². The number of nitro groups is 1. The van der Waals surface area contributed by atoms with E-state index in [-0.39, 0.29) is 21.8 Å². The Morgan fingerprint density at radius 2 is 1.96 bits per heavy atom. The minimum atomic E-state index is -3.88. The Morgan fingerprint density at radius 3 is 2.52 bits per heavy atom. The van der Waals surface area contributed by atoms with Gasteiger partial charge in [-0.1, -0.05) is 6.07 Å². The van der Waals surface area contributed by atoms with E-state index in [1.165, 1.54) is 50.4 Å². The van der Waals surface area contributed by atoms with Crippen LogP contribution in [0, 0.1) is 17.0 Å². The van der Waals surface area contributed by atoms with Gasteiger partial charge in [0.25, 0.3) is 15.7 Å². The number of hydrogen-bond acceptors (Lipinski definition) is 5. The van der Waals surface area contributed by atoms with Crippen LogP contribution in [-0.4, -0.2) is 20.5 Å². The third-order valence-electron chi connectivity index (χ3n) is 3.18. The van der Waals surface area contributed by atoms with Crippen LogP contribution in [0.25, 0.3) is 0 Å². The first kappa shape index (κ1) is 17.2. The highest BCUT2D eigenvalue weighted by Gasteiger charge is 2.20. The van der Waals surface area contributed by atoms with Crippen LogP contribution in [0.5, 0.6) is 5.75 Å². The Morgan fingerprint density at radius 1 is 1.26 bits per heavy atom. The lowest BCUT2D eigenvalue weighted by atomic mass is 10.2. The number of halogens is 1. The second-order valence-corrected chi connectivity index (χ2v) is 7.15. The standard InChI is InChI=1S/C14H13BrN2O5S/c1-9-12(4-3-5-13(9)17(18)19)16-23(20,21)10-6-7-14(22-2)11(15)8-10/h3-8,16H,1-2H3. The molecule has 0 amide bonds. The van der Waals surface area contributed by atoms with Crippen LogP contribution in [0.4, 0.5) is 11.4 Å². The number of nitrogens with zero attached hydrogens (tertiary/aromatic N) is 1. The maximum atomic E-state index is 12.4. The molecule has 122 valence electrons. The van der Waals surface area contributed by atoms with E-state index >= 15 is 0 Å². The molecule has 1 N–H and O–H groups in total. The van der Waals surface area contributed by atoms with Crippen molar-refractivity contribution in [3.8, 4) is 5.75 Å². The number of rotatable bonds is 5. The second kappa shape index (κ2) is 6.55. The molecule has 0 heterocycles. The van der Waals surface area contributed by atoms with Gasteiger partial charge in [0.2, 0.25) is 0 Å². The molecular weight excluding hydrogens is 388 g/mol. The van der Waals surface area contributed by atoms with Gasteiger partial charge in [-0.2, -0.15) is 0 Å². The Kier molecular flexibility index (Phi) is 4.90. The number of nitro benzene ring substituents is 1. The van der Waals surface area contributed by atoms with Gasteiger partial charge in [0.1, 0.15) is 5.75 Å². The first-order valence-electron chi connectivity index (χ1n) is 6.36. The minimum Gasteiger partial charge on any atom is -0.496 e. The Balaban J connectivity index is 2.41. The van der Waals surface area contributed by atoms with Crippen molar-refractivity contribution in [3.05, 3.63) is 56.5 Å². The van der Waals surface area contributed by atoms with E-state index in [0.717, 1.165) is 0 Å². The first-order chi connectivity index (χ1) is 10.8. The smallest absolute Gasteiger partial charge is 0.274 e. The SMILES string of the molecule is COc1ccc(S(=O)(=O)Nc2cccc([N+](=O)[O-])c2C)cc1Br. The van der Waals surface area contributed by atoms with Gasteiger partial charge in [-0.05, 0) is 47.1 Å². The molecule has 0 fully saturated rings. The average Bonchev–Trinajstić information content (AvgIpc) is 2.48. The number of benzene rings is 2. The predicted octanol–water partition coefficient (Wildman–Crippen LogP) is 3.48. The number of hydrogen-bond donors (Lipinski definition) is 1. The highest BCUT2D eigenvalue weighted by atomic mass is 79.9. The van der Waals surface area contributed by atoms with Crippen molar-refractivity contribution < 1.29 is 18.1 Å². The van der Waals surface area contributed by atoms with E-state index in [1.807, 2.05) is 0 Å². The first-order valence-corrected chi connectivity index (χ1v) is 8.64. The summed E-state index contributed by atoms with van der Waals surface area (Å²) in [5, 5.41) is 10.9. The summed E-state index contributed by atoms with van der Waals surface area (Å²) in [4.78, 5) is 10.4. The maximum Gasteiger partial charge on any atom is 0.274 e. The quantitative estimate of drug-likeness (QED) is 0.611. The van der Waals surface area contributed by atoms with Gasteiger partial charge in [-0.25, -0.2) is 8.42 Å². The molecular formula is C14H13BrN2O5S. The lowest BCUT2D eigenvalue weighted by molar-refractivity contribution is -0.385. The molecule has 23 heavy (non-hydrogen) atoms. The number of sulfonamides is 1. The van der Waals surface area contributed by atoms with Gasteiger partial charge >= 0.3 is 0 Å². The van der Waals surface area contributed by atoms with Crippen molar-refractivity contribution in [3.63, 3.8) is 0 Å². The van der Waals surface area contributed by atoms with Gasteiger partial charge in [0, 0.05) is 6.07 Å². The molecule has 2 aromatic carbocycles. The maximum absolute atomic E-state index is 12.4. The molecule has 0 bridgehead atoms. The van der Waals surface area contributed by atoms with Gasteiger partial charge in [-0.15, -0.1) is 0 Å². The summed E-state index contributed by atoms with van der Waals surface area (Å²) in [6, 6.07) is 8.51. The monoisotopic (exact) mass is 400 g/mol. The third-order valence-corrected chi connectivity index (χ3v) is 5.16. The highest BCUT2D eigenvalue weighted by Crippen LogP contribution is 2.30. The van der Waals surface area contributed by atoms with Crippen LogP contribution < -0.4 is 9.46 Å². The molecule has 2 aromatic rings. The van der Waals surface area contributed by atoms with E-state index in [2.05, 4.69) is 20.7 Å². The zero-order chi connectivity index (χ0) is 17.2. The number of methoxy groups -OCH3 is 1. The molecule has 7 nitrogen and oxygen atoms in total. The Labute approximate surface area is 141 Å². The fourth-order valence-electron chi connectivity index (χ4n) is 1.95. The lowest BCUT2D eigenvalue weighted by Gasteiger charge is -2.12. The van der Waals surface area contributed by atoms with Crippen LogP contribution in [0.2, 0.25) is 0 Å². The van der Waals surface area contributed by atoms with Crippen LogP contribution in [0.1, 0.15) is 5.56 Å². The highest BCUT2D eigenvalue weighted by molar-refractivity contribution is 9.10. The number of nitrogens with one attached hydrogen (secondary N) is 1. The Bertz CT molecular complexity index is 867. The van der Waals surface area contributed by atoms with Crippen molar-refractivity contribution in [1.82, 2.24) is 0 Å². The fourth-order valence-corrected chi connectivity index (χ4v) is 3.79. The van der Waals surface area contributed by atoms with Gasteiger partial charge < -0.3 is 4.74 Å².